The van der Waals surface area contributed by atoms with Crippen molar-refractivity contribution in [1.82, 2.24) is 4.31 Å². The number of carbonyl (C=O) groups excluding carboxylic acids is 2. The topological polar surface area (TPSA) is 119 Å². The monoisotopic (exact) mass is 417 g/mol. The van der Waals surface area contributed by atoms with Crippen molar-refractivity contribution in [3.05, 3.63) is 59.7 Å². The molecule has 0 spiro atoms. The standard InChI is InChI=1S/C20H23N3O5S/c1-13-11-23(12-14(2)28-13)29(26,27)18-5-3-4-16(10-18)20(25)22-17-8-6-15(7-9-17)19(21)24/h3-10,13-14H,11-12H2,1-2H3,(H2,21,24)(H,22,25)/t13-,14-/m1/s1. The second kappa shape index (κ2) is 8.32. The normalized spacial score (nSPS) is 20.2. The van der Waals surface area contributed by atoms with E-state index in [1.165, 1.54) is 40.7 Å². The number of nitrogens with two attached hydrogens (primary N) is 1. The first-order valence-corrected chi connectivity index (χ1v) is 10.6. The van der Waals surface area contributed by atoms with E-state index in [1.54, 1.807) is 12.1 Å². The van der Waals surface area contributed by atoms with Crippen molar-refractivity contribution in [2.45, 2.75) is 31.0 Å². The van der Waals surface area contributed by atoms with Gasteiger partial charge in [0, 0.05) is 29.9 Å². The van der Waals surface area contributed by atoms with Gasteiger partial charge in [0.25, 0.3) is 5.91 Å². The Morgan fingerprint density at radius 2 is 1.66 bits per heavy atom. The molecule has 2 aromatic carbocycles. The van der Waals surface area contributed by atoms with Gasteiger partial charge in [0.2, 0.25) is 15.9 Å². The van der Waals surface area contributed by atoms with Gasteiger partial charge in [-0.1, -0.05) is 6.07 Å². The van der Waals surface area contributed by atoms with Gasteiger partial charge in [-0.3, -0.25) is 9.59 Å². The summed E-state index contributed by atoms with van der Waals surface area (Å²) in [6, 6.07) is 12.0. The van der Waals surface area contributed by atoms with Crippen molar-refractivity contribution < 1.29 is 22.7 Å². The molecule has 0 bridgehead atoms. The van der Waals surface area contributed by atoms with Gasteiger partial charge in [0.05, 0.1) is 17.1 Å². The van der Waals surface area contributed by atoms with Crippen LogP contribution < -0.4 is 11.1 Å². The van der Waals surface area contributed by atoms with E-state index in [2.05, 4.69) is 5.32 Å². The zero-order valence-corrected chi connectivity index (χ0v) is 17.0. The molecule has 3 N–H and O–H groups in total. The number of hydrogen-bond donors (Lipinski definition) is 2. The maximum absolute atomic E-state index is 13.0. The van der Waals surface area contributed by atoms with Crippen LogP contribution in [0.3, 0.4) is 0 Å². The summed E-state index contributed by atoms with van der Waals surface area (Å²) in [5.41, 5.74) is 6.19. The molecule has 0 unspecified atom stereocenters. The summed E-state index contributed by atoms with van der Waals surface area (Å²) >= 11 is 0. The van der Waals surface area contributed by atoms with E-state index in [1.807, 2.05) is 13.8 Å². The highest BCUT2D eigenvalue weighted by Crippen LogP contribution is 2.22. The van der Waals surface area contributed by atoms with Crippen LogP contribution in [0.1, 0.15) is 34.6 Å². The number of carbonyl (C=O) groups is 2. The lowest BCUT2D eigenvalue weighted by molar-refractivity contribution is -0.0440. The van der Waals surface area contributed by atoms with Crippen LogP contribution in [0.15, 0.2) is 53.4 Å². The summed E-state index contributed by atoms with van der Waals surface area (Å²) in [7, 11) is -3.75. The number of sulfonamides is 1. The van der Waals surface area contributed by atoms with Crippen LogP contribution in [0.25, 0.3) is 0 Å². The number of rotatable bonds is 5. The highest BCUT2D eigenvalue weighted by Gasteiger charge is 2.32. The lowest BCUT2D eigenvalue weighted by Gasteiger charge is -2.34. The smallest absolute Gasteiger partial charge is 0.255 e. The van der Waals surface area contributed by atoms with E-state index in [0.29, 0.717) is 11.3 Å². The van der Waals surface area contributed by atoms with Gasteiger partial charge in [-0.15, -0.1) is 0 Å². The molecular formula is C20H23N3O5S. The number of primary amides is 1. The summed E-state index contributed by atoms with van der Waals surface area (Å²) in [6.07, 6.45) is -0.410. The number of anilines is 1. The molecule has 29 heavy (non-hydrogen) atoms. The van der Waals surface area contributed by atoms with Crippen LogP contribution in [0.5, 0.6) is 0 Å². The van der Waals surface area contributed by atoms with Crippen LogP contribution in [0.4, 0.5) is 5.69 Å². The molecule has 3 rings (SSSR count). The highest BCUT2D eigenvalue weighted by molar-refractivity contribution is 7.89. The molecule has 1 saturated heterocycles. The Kier molecular flexibility index (Phi) is 6.02. The number of hydrogen-bond acceptors (Lipinski definition) is 5. The van der Waals surface area contributed by atoms with Gasteiger partial charge < -0.3 is 15.8 Å². The Balaban J connectivity index is 1.79. The summed E-state index contributed by atoms with van der Waals surface area (Å²) in [5.74, 6) is -1.02. The average molecular weight is 417 g/mol. The molecule has 0 aliphatic carbocycles. The fraction of sp³-hybridized carbons (Fsp3) is 0.300. The first-order valence-electron chi connectivity index (χ1n) is 9.13. The van der Waals surface area contributed by atoms with E-state index < -0.39 is 21.8 Å². The first-order chi connectivity index (χ1) is 13.7. The van der Waals surface area contributed by atoms with Crippen LogP contribution in [-0.4, -0.2) is 49.8 Å². The predicted molar refractivity (Wildman–Crippen MR) is 108 cm³/mol. The van der Waals surface area contributed by atoms with Crippen LogP contribution >= 0.6 is 0 Å². The number of ether oxygens (including phenoxy) is 1. The number of nitrogens with zero attached hydrogens (tertiary/aromatic N) is 1. The minimum absolute atomic E-state index is 0.0514. The molecule has 2 atom stereocenters. The van der Waals surface area contributed by atoms with Crippen molar-refractivity contribution in [3.8, 4) is 0 Å². The lowest BCUT2D eigenvalue weighted by atomic mass is 10.2. The second-order valence-corrected chi connectivity index (χ2v) is 8.94. The highest BCUT2D eigenvalue weighted by atomic mass is 32.2. The third-order valence-corrected chi connectivity index (χ3v) is 6.38. The van der Waals surface area contributed by atoms with Gasteiger partial charge in [-0.05, 0) is 56.3 Å². The fourth-order valence-electron chi connectivity index (χ4n) is 3.19. The zero-order valence-electron chi connectivity index (χ0n) is 16.2. The molecule has 1 aliphatic heterocycles. The summed E-state index contributed by atoms with van der Waals surface area (Å²) in [6.45, 7) is 4.17. The molecule has 1 fully saturated rings. The Labute approximate surface area is 169 Å². The van der Waals surface area contributed by atoms with E-state index in [9.17, 15) is 18.0 Å². The van der Waals surface area contributed by atoms with Crippen LogP contribution in [0, 0.1) is 0 Å². The predicted octanol–water partition coefficient (Wildman–Crippen LogP) is 1.84. The maximum Gasteiger partial charge on any atom is 0.255 e. The molecule has 154 valence electrons. The molecule has 2 aromatic rings. The minimum Gasteiger partial charge on any atom is -0.373 e. The quantitative estimate of drug-likeness (QED) is 0.769. The largest absolute Gasteiger partial charge is 0.373 e. The van der Waals surface area contributed by atoms with Crippen molar-refractivity contribution in [2.24, 2.45) is 5.73 Å². The average Bonchev–Trinajstić information content (AvgIpc) is 2.67. The third-order valence-electron chi connectivity index (χ3n) is 4.55. The molecule has 0 radical (unpaired) electrons. The first kappa shape index (κ1) is 21.0. The third kappa shape index (κ3) is 4.81. The van der Waals surface area contributed by atoms with Crippen LogP contribution in [0.2, 0.25) is 0 Å². The molecule has 8 nitrogen and oxygen atoms in total. The molecule has 1 heterocycles. The SMILES string of the molecule is C[C@@H]1CN(S(=O)(=O)c2cccc(C(=O)Nc3ccc(C(N)=O)cc3)c2)C[C@@H](C)O1. The van der Waals surface area contributed by atoms with Crippen molar-refractivity contribution in [3.63, 3.8) is 0 Å². The number of nitrogens with one attached hydrogen (secondary N) is 1. The number of benzene rings is 2. The Hall–Kier alpha value is -2.75. The minimum atomic E-state index is -3.75. The Morgan fingerprint density at radius 1 is 1.03 bits per heavy atom. The summed E-state index contributed by atoms with van der Waals surface area (Å²) in [4.78, 5) is 23.7. The second-order valence-electron chi connectivity index (χ2n) is 7.00. The van der Waals surface area contributed by atoms with Gasteiger partial charge in [0.1, 0.15) is 0 Å². The maximum atomic E-state index is 13.0. The van der Waals surface area contributed by atoms with Gasteiger partial charge in [-0.25, -0.2) is 8.42 Å². The van der Waals surface area contributed by atoms with Crippen LogP contribution in [-0.2, 0) is 14.8 Å². The van der Waals surface area contributed by atoms with Crippen molar-refractivity contribution in [2.75, 3.05) is 18.4 Å². The van der Waals surface area contributed by atoms with E-state index >= 15 is 0 Å². The Morgan fingerprint density at radius 3 is 2.24 bits per heavy atom. The van der Waals surface area contributed by atoms with Crippen molar-refractivity contribution >= 4 is 27.5 Å². The molecular weight excluding hydrogens is 394 g/mol. The van der Waals surface area contributed by atoms with E-state index in [-0.39, 0.29) is 35.8 Å². The Bertz CT molecular complexity index is 1010. The zero-order chi connectivity index (χ0) is 21.2. The van der Waals surface area contributed by atoms with Gasteiger partial charge in [-0.2, -0.15) is 4.31 Å². The van der Waals surface area contributed by atoms with Gasteiger partial charge in [0.15, 0.2) is 0 Å². The van der Waals surface area contributed by atoms with Crippen molar-refractivity contribution in [1.29, 1.82) is 0 Å². The molecule has 1 aliphatic rings. The molecule has 2 amide bonds. The van der Waals surface area contributed by atoms with Gasteiger partial charge >= 0.3 is 0 Å². The van der Waals surface area contributed by atoms with E-state index in [4.69, 9.17) is 10.5 Å². The van der Waals surface area contributed by atoms with E-state index in [0.717, 1.165) is 0 Å². The molecule has 9 heteroatoms. The summed E-state index contributed by atoms with van der Waals surface area (Å²) < 4.78 is 33.0. The lowest BCUT2D eigenvalue weighted by Crippen LogP contribution is -2.48. The molecule has 0 saturated carbocycles. The summed E-state index contributed by atoms with van der Waals surface area (Å²) in [5, 5.41) is 2.68. The number of morpholine rings is 1. The fourth-order valence-corrected chi connectivity index (χ4v) is 4.83. The number of amides is 2. The molecule has 0 aromatic heterocycles.